The van der Waals surface area contributed by atoms with Crippen LogP contribution in [0.1, 0.15) is 50.8 Å². The van der Waals surface area contributed by atoms with Crippen molar-refractivity contribution in [2.45, 2.75) is 58.7 Å². The lowest BCUT2D eigenvalue weighted by atomic mass is 9.84. The summed E-state index contributed by atoms with van der Waals surface area (Å²) in [6, 6.07) is 12.4. The Bertz CT molecular complexity index is 720. The minimum Gasteiger partial charge on any atom is -0.345 e. The molecule has 25 heavy (non-hydrogen) atoms. The SMILES string of the molecule is CCC(C)N(Cc1cccn1Cc1cccc(Cl)c1)C(=O)C1CCC1. The fraction of sp³-hybridized carbons (Fsp3) is 0.476. The minimum atomic E-state index is 0.241. The van der Waals surface area contributed by atoms with Gasteiger partial charge in [-0.1, -0.05) is 37.1 Å². The molecule has 1 saturated carbocycles. The molecule has 0 N–H and O–H groups in total. The molecule has 0 bridgehead atoms. The largest absolute Gasteiger partial charge is 0.345 e. The summed E-state index contributed by atoms with van der Waals surface area (Å²) >= 11 is 6.11. The van der Waals surface area contributed by atoms with Gasteiger partial charge < -0.3 is 9.47 Å². The zero-order valence-electron chi connectivity index (χ0n) is 15.1. The van der Waals surface area contributed by atoms with Crippen LogP contribution in [-0.4, -0.2) is 21.4 Å². The van der Waals surface area contributed by atoms with Crippen molar-refractivity contribution in [2.75, 3.05) is 0 Å². The molecule has 2 aromatic rings. The number of nitrogens with zero attached hydrogens (tertiary/aromatic N) is 2. The van der Waals surface area contributed by atoms with E-state index in [-0.39, 0.29) is 12.0 Å². The molecule has 134 valence electrons. The van der Waals surface area contributed by atoms with Crippen LogP contribution in [0.3, 0.4) is 0 Å². The topological polar surface area (TPSA) is 25.2 Å². The molecule has 1 unspecified atom stereocenters. The number of carbonyl (C=O) groups is 1. The molecule has 0 aliphatic heterocycles. The number of hydrogen-bond donors (Lipinski definition) is 0. The van der Waals surface area contributed by atoms with E-state index in [0.717, 1.165) is 30.8 Å². The third kappa shape index (κ3) is 4.27. The van der Waals surface area contributed by atoms with Gasteiger partial charge in [0, 0.05) is 35.4 Å². The third-order valence-corrected chi connectivity index (χ3v) is 5.59. The van der Waals surface area contributed by atoms with Crippen LogP contribution >= 0.6 is 11.6 Å². The average Bonchev–Trinajstić information content (AvgIpc) is 2.97. The fourth-order valence-electron chi connectivity index (χ4n) is 3.31. The Hall–Kier alpha value is -1.74. The second-order valence-electron chi connectivity index (χ2n) is 7.11. The van der Waals surface area contributed by atoms with Crippen LogP contribution in [0.2, 0.25) is 5.02 Å². The van der Waals surface area contributed by atoms with Crippen LogP contribution in [-0.2, 0) is 17.9 Å². The molecule has 0 radical (unpaired) electrons. The normalized spacial score (nSPS) is 15.6. The molecule has 1 aromatic carbocycles. The number of rotatable bonds is 7. The maximum Gasteiger partial charge on any atom is 0.226 e. The number of halogens is 1. The molecule has 0 saturated heterocycles. The third-order valence-electron chi connectivity index (χ3n) is 5.36. The van der Waals surface area contributed by atoms with Gasteiger partial charge in [0.25, 0.3) is 0 Å². The van der Waals surface area contributed by atoms with Crippen molar-refractivity contribution in [1.82, 2.24) is 9.47 Å². The number of aromatic nitrogens is 1. The van der Waals surface area contributed by atoms with Crippen LogP contribution in [0.25, 0.3) is 0 Å². The lowest BCUT2D eigenvalue weighted by molar-refractivity contribution is -0.141. The number of carbonyl (C=O) groups excluding carboxylic acids is 1. The van der Waals surface area contributed by atoms with E-state index in [1.165, 1.54) is 17.7 Å². The first kappa shape index (κ1) is 18.1. The first-order valence-electron chi connectivity index (χ1n) is 9.27. The van der Waals surface area contributed by atoms with Crippen molar-refractivity contribution in [3.05, 3.63) is 58.9 Å². The quantitative estimate of drug-likeness (QED) is 0.674. The Morgan fingerprint density at radius 2 is 2.12 bits per heavy atom. The highest BCUT2D eigenvalue weighted by Crippen LogP contribution is 2.30. The molecule has 3 nitrogen and oxygen atoms in total. The lowest BCUT2D eigenvalue weighted by Crippen LogP contribution is -2.43. The maximum absolute atomic E-state index is 12.9. The van der Waals surface area contributed by atoms with E-state index in [0.29, 0.717) is 12.5 Å². The van der Waals surface area contributed by atoms with E-state index in [9.17, 15) is 4.79 Å². The molecule has 1 aliphatic carbocycles. The van der Waals surface area contributed by atoms with E-state index >= 15 is 0 Å². The maximum atomic E-state index is 12.9. The summed E-state index contributed by atoms with van der Waals surface area (Å²) in [5.74, 6) is 0.571. The van der Waals surface area contributed by atoms with E-state index in [4.69, 9.17) is 11.6 Å². The fourth-order valence-corrected chi connectivity index (χ4v) is 3.53. The van der Waals surface area contributed by atoms with Gasteiger partial charge in [-0.25, -0.2) is 0 Å². The summed E-state index contributed by atoms with van der Waals surface area (Å²) in [7, 11) is 0. The predicted octanol–water partition coefficient (Wildman–Crippen LogP) is 5.12. The van der Waals surface area contributed by atoms with Gasteiger partial charge in [-0.2, -0.15) is 0 Å². The Kier molecular flexibility index (Phi) is 5.85. The summed E-state index contributed by atoms with van der Waals surface area (Å²) in [5, 5.41) is 0.757. The molecular weight excluding hydrogens is 332 g/mol. The molecule has 1 aromatic heterocycles. The number of amides is 1. The van der Waals surface area contributed by atoms with E-state index < -0.39 is 0 Å². The van der Waals surface area contributed by atoms with E-state index in [1.807, 2.05) is 18.2 Å². The van der Waals surface area contributed by atoms with Crippen molar-refractivity contribution in [1.29, 1.82) is 0 Å². The van der Waals surface area contributed by atoms with Crippen LogP contribution in [0.15, 0.2) is 42.6 Å². The van der Waals surface area contributed by atoms with Crippen LogP contribution in [0.4, 0.5) is 0 Å². The molecule has 3 rings (SSSR count). The van der Waals surface area contributed by atoms with Crippen LogP contribution in [0, 0.1) is 5.92 Å². The summed E-state index contributed by atoms with van der Waals surface area (Å²) in [5.41, 5.74) is 2.35. The van der Waals surface area contributed by atoms with E-state index in [2.05, 4.69) is 47.7 Å². The Morgan fingerprint density at radius 1 is 1.32 bits per heavy atom. The van der Waals surface area contributed by atoms with Crippen LogP contribution < -0.4 is 0 Å². The molecule has 1 heterocycles. The first-order chi connectivity index (χ1) is 12.1. The molecule has 1 fully saturated rings. The number of benzene rings is 1. The summed E-state index contributed by atoms with van der Waals surface area (Å²) in [6.07, 6.45) is 6.35. The van der Waals surface area contributed by atoms with Crippen molar-refractivity contribution < 1.29 is 4.79 Å². The van der Waals surface area contributed by atoms with Gasteiger partial charge in [-0.05, 0) is 56.0 Å². The molecule has 4 heteroatoms. The van der Waals surface area contributed by atoms with Crippen LogP contribution in [0.5, 0.6) is 0 Å². The highest BCUT2D eigenvalue weighted by molar-refractivity contribution is 6.30. The molecule has 0 spiro atoms. The van der Waals surface area contributed by atoms with Gasteiger partial charge in [0.15, 0.2) is 0 Å². The highest BCUT2D eigenvalue weighted by atomic mass is 35.5. The van der Waals surface area contributed by atoms with Gasteiger partial charge in [0.05, 0.1) is 6.54 Å². The van der Waals surface area contributed by atoms with Crippen molar-refractivity contribution in [2.24, 2.45) is 5.92 Å². The van der Waals surface area contributed by atoms with Crippen molar-refractivity contribution in [3.63, 3.8) is 0 Å². The Balaban J connectivity index is 1.76. The minimum absolute atomic E-state index is 0.241. The second-order valence-corrected chi connectivity index (χ2v) is 7.55. The zero-order chi connectivity index (χ0) is 17.8. The predicted molar refractivity (Wildman–Crippen MR) is 103 cm³/mol. The summed E-state index contributed by atoms with van der Waals surface area (Å²) in [6.45, 7) is 5.75. The van der Waals surface area contributed by atoms with Gasteiger partial charge in [-0.3, -0.25) is 4.79 Å². The zero-order valence-corrected chi connectivity index (χ0v) is 15.9. The first-order valence-corrected chi connectivity index (χ1v) is 9.65. The highest BCUT2D eigenvalue weighted by Gasteiger charge is 2.31. The smallest absolute Gasteiger partial charge is 0.226 e. The molecule has 1 aliphatic rings. The van der Waals surface area contributed by atoms with Gasteiger partial charge in [-0.15, -0.1) is 0 Å². The Labute approximate surface area is 155 Å². The standard InChI is InChI=1S/C21H27ClN2O/c1-3-16(2)24(21(25)18-8-5-9-18)15-20-11-6-12-23(20)14-17-7-4-10-19(22)13-17/h4,6-7,10-13,16,18H,3,5,8-9,14-15H2,1-2H3. The lowest BCUT2D eigenvalue weighted by Gasteiger charge is -2.35. The molecule has 1 atom stereocenters. The van der Waals surface area contributed by atoms with Gasteiger partial charge >= 0.3 is 0 Å². The summed E-state index contributed by atoms with van der Waals surface area (Å²) in [4.78, 5) is 14.9. The Morgan fingerprint density at radius 3 is 2.76 bits per heavy atom. The summed E-state index contributed by atoms with van der Waals surface area (Å²) < 4.78 is 2.22. The molecular formula is C21H27ClN2O. The molecule has 1 amide bonds. The second kappa shape index (κ2) is 8.09. The number of hydrogen-bond acceptors (Lipinski definition) is 1. The monoisotopic (exact) mass is 358 g/mol. The average molecular weight is 359 g/mol. The van der Waals surface area contributed by atoms with E-state index in [1.54, 1.807) is 0 Å². The van der Waals surface area contributed by atoms with Crippen molar-refractivity contribution in [3.8, 4) is 0 Å². The van der Waals surface area contributed by atoms with Crippen molar-refractivity contribution >= 4 is 17.5 Å². The van der Waals surface area contributed by atoms with Gasteiger partial charge in [0.1, 0.15) is 0 Å². The van der Waals surface area contributed by atoms with Gasteiger partial charge in [0.2, 0.25) is 5.91 Å².